The van der Waals surface area contributed by atoms with E-state index >= 15 is 0 Å². The Kier molecular flexibility index (Phi) is 3.11. The average Bonchev–Trinajstić information content (AvgIpc) is 2.83. The first-order chi connectivity index (χ1) is 9.19. The van der Waals surface area contributed by atoms with Gasteiger partial charge in [-0.05, 0) is 66.8 Å². The zero-order valence-corrected chi connectivity index (χ0v) is 11.3. The van der Waals surface area contributed by atoms with Gasteiger partial charge in [-0.3, -0.25) is 0 Å². The Labute approximate surface area is 113 Å². The van der Waals surface area contributed by atoms with Gasteiger partial charge < -0.3 is 5.32 Å². The monoisotopic (exact) mass is 255 g/mol. The summed E-state index contributed by atoms with van der Waals surface area (Å²) < 4.78 is 13.4. The van der Waals surface area contributed by atoms with Crippen LogP contribution in [0, 0.1) is 12.7 Å². The molecule has 0 radical (unpaired) electrons. The van der Waals surface area contributed by atoms with E-state index in [1.54, 1.807) is 6.07 Å². The van der Waals surface area contributed by atoms with E-state index in [2.05, 4.69) is 23.5 Å². The third-order valence-corrected chi connectivity index (χ3v) is 4.08. The van der Waals surface area contributed by atoms with Crippen LogP contribution in [-0.4, -0.2) is 7.05 Å². The zero-order chi connectivity index (χ0) is 13.4. The molecular formula is C17H18FN. The van der Waals surface area contributed by atoms with Crippen molar-refractivity contribution < 1.29 is 4.39 Å². The predicted octanol–water partition coefficient (Wildman–Crippen LogP) is 4.01. The molecule has 3 rings (SSSR count). The van der Waals surface area contributed by atoms with Gasteiger partial charge in [0.05, 0.1) is 0 Å². The van der Waals surface area contributed by atoms with Crippen LogP contribution in [0.5, 0.6) is 0 Å². The number of benzene rings is 2. The van der Waals surface area contributed by atoms with Crippen molar-refractivity contribution in [2.75, 3.05) is 7.05 Å². The fraction of sp³-hybridized carbons (Fsp3) is 0.294. The summed E-state index contributed by atoms with van der Waals surface area (Å²) in [6, 6.07) is 12.0. The molecule has 2 aromatic carbocycles. The Hall–Kier alpha value is -1.67. The first-order valence-electron chi connectivity index (χ1n) is 6.75. The molecule has 1 unspecified atom stereocenters. The van der Waals surface area contributed by atoms with Crippen molar-refractivity contribution in [2.45, 2.75) is 25.8 Å². The molecule has 98 valence electrons. The van der Waals surface area contributed by atoms with Crippen molar-refractivity contribution in [1.29, 1.82) is 0 Å². The molecule has 0 heterocycles. The van der Waals surface area contributed by atoms with Gasteiger partial charge in [-0.2, -0.15) is 0 Å². The zero-order valence-electron chi connectivity index (χ0n) is 11.3. The molecule has 1 N–H and O–H groups in total. The van der Waals surface area contributed by atoms with Gasteiger partial charge in [0, 0.05) is 6.04 Å². The van der Waals surface area contributed by atoms with Crippen LogP contribution in [-0.2, 0) is 6.42 Å². The molecule has 2 aromatic rings. The molecule has 2 heteroatoms. The number of rotatable bonds is 2. The van der Waals surface area contributed by atoms with Gasteiger partial charge in [-0.25, -0.2) is 4.39 Å². The molecule has 1 nitrogen and oxygen atoms in total. The van der Waals surface area contributed by atoms with Crippen LogP contribution < -0.4 is 5.32 Å². The summed E-state index contributed by atoms with van der Waals surface area (Å²) in [5, 5.41) is 3.34. The smallest absolute Gasteiger partial charge is 0.123 e. The first-order valence-corrected chi connectivity index (χ1v) is 6.75. The van der Waals surface area contributed by atoms with Crippen LogP contribution >= 0.6 is 0 Å². The molecule has 0 bridgehead atoms. The molecule has 1 atom stereocenters. The van der Waals surface area contributed by atoms with Crippen molar-refractivity contribution in [3.63, 3.8) is 0 Å². The molecule has 0 amide bonds. The van der Waals surface area contributed by atoms with Gasteiger partial charge in [-0.1, -0.05) is 24.3 Å². The largest absolute Gasteiger partial charge is 0.313 e. The van der Waals surface area contributed by atoms with Gasteiger partial charge in [0.1, 0.15) is 5.82 Å². The molecule has 0 saturated heterocycles. The van der Waals surface area contributed by atoms with E-state index in [1.165, 1.54) is 17.2 Å². The summed E-state index contributed by atoms with van der Waals surface area (Å²) in [4.78, 5) is 0. The lowest BCUT2D eigenvalue weighted by Gasteiger charge is -2.12. The lowest BCUT2D eigenvalue weighted by molar-refractivity contribution is 0.590. The van der Waals surface area contributed by atoms with E-state index in [0.717, 1.165) is 29.5 Å². The van der Waals surface area contributed by atoms with E-state index in [0.29, 0.717) is 6.04 Å². The summed E-state index contributed by atoms with van der Waals surface area (Å²) in [6.07, 6.45) is 2.25. The normalized spacial score (nSPS) is 17.5. The van der Waals surface area contributed by atoms with E-state index in [1.807, 2.05) is 20.0 Å². The number of halogens is 1. The summed E-state index contributed by atoms with van der Waals surface area (Å²) in [5.74, 6) is -0.172. The second kappa shape index (κ2) is 4.78. The standard InChI is InChI=1S/C17H18FN/c1-11-3-6-14(18)10-16(11)13-4-7-15-12(9-13)5-8-17(15)19-2/h3-4,6-7,9-10,17,19H,5,8H2,1-2H3. The molecule has 0 fully saturated rings. The number of nitrogens with one attached hydrogen (secondary N) is 1. The van der Waals surface area contributed by atoms with Crippen LogP contribution in [0.4, 0.5) is 4.39 Å². The van der Waals surface area contributed by atoms with Crippen molar-refractivity contribution in [3.05, 3.63) is 58.9 Å². The molecule has 1 aliphatic carbocycles. The minimum absolute atomic E-state index is 0.172. The van der Waals surface area contributed by atoms with Gasteiger partial charge in [0.15, 0.2) is 0 Å². The van der Waals surface area contributed by atoms with Gasteiger partial charge in [-0.15, -0.1) is 0 Å². The second-order valence-corrected chi connectivity index (χ2v) is 5.25. The Balaban J connectivity index is 2.06. The van der Waals surface area contributed by atoms with Gasteiger partial charge >= 0.3 is 0 Å². The summed E-state index contributed by atoms with van der Waals surface area (Å²) in [5.41, 5.74) is 6.01. The highest BCUT2D eigenvalue weighted by Crippen LogP contribution is 2.34. The van der Waals surface area contributed by atoms with Crippen LogP contribution in [0.3, 0.4) is 0 Å². The lowest BCUT2D eigenvalue weighted by Crippen LogP contribution is -2.12. The minimum atomic E-state index is -0.172. The van der Waals surface area contributed by atoms with Crippen molar-refractivity contribution in [2.24, 2.45) is 0 Å². The van der Waals surface area contributed by atoms with Gasteiger partial charge in [0.2, 0.25) is 0 Å². The maximum atomic E-state index is 13.4. The third kappa shape index (κ3) is 2.17. The van der Waals surface area contributed by atoms with Crippen molar-refractivity contribution >= 4 is 0 Å². The SMILES string of the molecule is CNC1CCc2cc(-c3cc(F)ccc3C)ccc21. The quantitative estimate of drug-likeness (QED) is 0.855. The highest BCUT2D eigenvalue weighted by molar-refractivity contribution is 5.68. The molecule has 0 aromatic heterocycles. The lowest BCUT2D eigenvalue weighted by atomic mass is 9.96. The minimum Gasteiger partial charge on any atom is -0.313 e. The molecular weight excluding hydrogens is 237 g/mol. The number of fused-ring (bicyclic) bond motifs is 1. The maximum Gasteiger partial charge on any atom is 0.123 e. The van der Waals surface area contributed by atoms with E-state index in [9.17, 15) is 4.39 Å². The number of aryl methyl sites for hydroxylation is 2. The molecule has 0 saturated carbocycles. The van der Waals surface area contributed by atoms with Crippen LogP contribution in [0.25, 0.3) is 11.1 Å². The second-order valence-electron chi connectivity index (χ2n) is 5.25. The fourth-order valence-electron chi connectivity index (χ4n) is 2.99. The van der Waals surface area contributed by atoms with Crippen molar-refractivity contribution in [1.82, 2.24) is 5.32 Å². The van der Waals surface area contributed by atoms with Crippen LogP contribution in [0.2, 0.25) is 0 Å². The first kappa shape index (κ1) is 12.4. The topological polar surface area (TPSA) is 12.0 Å². The average molecular weight is 255 g/mol. The predicted molar refractivity (Wildman–Crippen MR) is 76.7 cm³/mol. The summed E-state index contributed by atoms with van der Waals surface area (Å²) in [7, 11) is 2.00. The van der Waals surface area contributed by atoms with E-state index < -0.39 is 0 Å². The number of hydrogen-bond donors (Lipinski definition) is 1. The van der Waals surface area contributed by atoms with Crippen LogP contribution in [0.15, 0.2) is 36.4 Å². The van der Waals surface area contributed by atoms with Crippen molar-refractivity contribution in [3.8, 4) is 11.1 Å². The highest BCUT2D eigenvalue weighted by atomic mass is 19.1. The number of hydrogen-bond acceptors (Lipinski definition) is 1. The third-order valence-electron chi connectivity index (χ3n) is 4.08. The van der Waals surface area contributed by atoms with Gasteiger partial charge in [0.25, 0.3) is 0 Å². The van der Waals surface area contributed by atoms with E-state index in [4.69, 9.17) is 0 Å². The molecule has 1 aliphatic rings. The van der Waals surface area contributed by atoms with Crippen LogP contribution in [0.1, 0.15) is 29.2 Å². The molecule has 0 aliphatic heterocycles. The fourth-order valence-corrected chi connectivity index (χ4v) is 2.99. The van der Waals surface area contributed by atoms with E-state index in [-0.39, 0.29) is 5.82 Å². The Bertz CT molecular complexity index is 619. The highest BCUT2D eigenvalue weighted by Gasteiger charge is 2.21. The maximum absolute atomic E-state index is 13.4. The Morgan fingerprint density at radius 3 is 2.79 bits per heavy atom. The summed E-state index contributed by atoms with van der Waals surface area (Å²) in [6.45, 7) is 2.03. The molecule has 0 spiro atoms. The Morgan fingerprint density at radius 1 is 1.16 bits per heavy atom. The Morgan fingerprint density at radius 2 is 2.00 bits per heavy atom. The summed E-state index contributed by atoms with van der Waals surface area (Å²) >= 11 is 0. The molecule has 19 heavy (non-hydrogen) atoms.